The van der Waals surface area contributed by atoms with Crippen molar-refractivity contribution in [2.45, 2.75) is 44.7 Å². The molecule has 1 aromatic carbocycles. The molecule has 2 aromatic rings. The number of carbonyl (C=O) groups excluding carboxylic acids is 1. The van der Waals surface area contributed by atoms with Crippen LogP contribution in [0.1, 0.15) is 47.7 Å². The second-order valence-corrected chi connectivity index (χ2v) is 8.14. The standard InChI is InChI=1S/C21H26N2OS/c24-21(22-12-6-1-2-7-13-22)20(17-8-4-3-5-9-17)23-14-10-19-18(16-23)11-15-25-19/h3-5,8-9,11,15,20H,1-2,6-7,10,12-14,16H2. The molecule has 1 amide bonds. The van der Waals surface area contributed by atoms with Gasteiger partial charge in [0.25, 0.3) is 0 Å². The van der Waals surface area contributed by atoms with E-state index in [0.29, 0.717) is 5.91 Å². The van der Waals surface area contributed by atoms with Crippen molar-refractivity contribution in [2.24, 2.45) is 0 Å². The molecular weight excluding hydrogens is 328 g/mol. The Hall–Kier alpha value is -1.65. The Morgan fingerprint density at radius 3 is 2.48 bits per heavy atom. The first-order valence-corrected chi connectivity index (χ1v) is 10.3. The molecule has 25 heavy (non-hydrogen) atoms. The maximum atomic E-state index is 13.5. The molecule has 1 fully saturated rings. The van der Waals surface area contributed by atoms with Gasteiger partial charge in [0.2, 0.25) is 5.91 Å². The predicted octanol–water partition coefficient (Wildman–Crippen LogP) is 4.25. The highest BCUT2D eigenvalue weighted by Crippen LogP contribution is 2.32. The van der Waals surface area contributed by atoms with Crippen molar-refractivity contribution in [1.29, 1.82) is 0 Å². The van der Waals surface area contributed by atoms with Crippen LogP contribution in [0.4, 0.5) is 0 Å². The minimum absolute atomic E-state index is 0.146. The van der Waals surface area contributed by atoms with Gasteiger partial charge in [0, 0.05) is 31.1 Å². The molecule has 4 heteroatoms. The molecule has 3 nitrogen and oxygen atoms in total. The van der Waals surface area contributed by atoms with E-state index in [9.17, 15) is 4.79 Å². The largest absolute Gasteiger partial charge is 0.341 e. The van der Waals surface area contributed by atoms with Crippen LogP contribution in [-0.4, -0.2) is 35.3 Å². The second-order valence-electron chi connectivity index (χ2n) is 7.14. The number of amides is 1. The summed E-state index contributed by atoms with van der Waals surface area (Å²) in [7, 11) is 0. The quantitative estimate of drug-likeness (QED) is 0.823. The van der Waals surface area contributed by atoms with Crippen molar-refractivity contribution in [3.8, 4) is 0 Å². The van der Waals surface area contributed by atoms with E-state index < -0.39 is 0 Å². The smallest absolute Gasteiger partial charge is 0.244 e. The van der Waals surface area contributed by atoms with Gasteiger partial charge in [-0.1, -0.05) is 43.2 Å². The highest BCUT2D eigenvalue weighted by molar-refractivity contribution is 7.10. The molecule has 0 spiro atoms. The van der Waals surface area contributed by atoms with Gasteiger partial charge in [0.1, 0.15) is 6.04 Å². The highest BCUT2D eigenvalue weighted by atomic mass is 32.1. The van der Waals surface area contributed by atoms with Gasteiger partial charge in [-0.25, -0.2) is 0 Å². The molecule has 1 saturated heterocycles. The van der Waals surface area contributed by atoms with Gasteiger partial charge in [-0.3, -0.25) is 9.69 Å². The average molecular weight is 355 g/mol. The maximum absolute atomic E-state index is 13.5. The number of nitrogens with zero attached hydrogens (tertiary/aromatic N) is 2. The van der Waals surface area contributed by atoms with Crippen LogP contribution < -0.4 is 0 Å². The monoisotopic (exact) mass is 354 g/mol. The zero-order valence-corrected chi connectivity index (χ0v) is 15.5. The fourth-order valence-corrected chi connectivity index (χ4v) is 4.99. The normalized spacial score (nSPS) is 19.9. The van der Waals surface area contributed by atoms with Crippen LogP contribution in [0.15, 0.2) is 41.8 Å². The molecule has 2 aliphatic rings. The Bertz CT molecular complexity index is 704. The SMILES string of the molecule is O=C(C(c1ccccc1)N1CCc2sccc2C1)N1CCCCCC1. The lowest BCUT2D eigenvalue weighted by molar-refractivity contribution is -0.137. The number of benzene rings is 1. The summed E-state index contributed by atoms with van der Waals surface area (Å²) >= 11 is 1.85. The zero-order valence-electron chi connectivity index (χ0n) is 14.7. The van der Waals surface area contributed by atoms with Gasteiger partial charge in [-0.15, -0.1) is 11.3 Å². The van der Waals surface area contributed by atoms with Gasteiger partial charge >= 0.3 is 0 Å². The number of thiophene rings is 1. The molecule has 0 radical (unpaired) electrons. The Morgan fingerprint density at radius 2 is 1.72 bits per heavy atom. The average Bonchev–Trinajstić information content (AvgIpc) is 2.94. The van der Waals surface area contributed by atoms with Crippen LogP contribution in [0.3, 0.4) is 0 Å². The topological polar surface area (TPSA) is 23.6 Å². The minimum atomic E-state index is -0.146. The van der Waals surface area contributed by atoms with Gasteiger partial charge in [0.05, 0.1) is 0 Å². The fourth-order valence-electron chi connectivity index (χ4n) is 4.10. The molecule has 4 rings (SSSR count). The van der Waals surface area contributed by atoms with E-state index in [4.69, 9.17) is 0 Å². The third-order valence-electron chi connectivity index (χ3n) is 5.47. The van der Waals surface area contributed by atoms with E-state index in [0.717, 1.165) is 51.0 Å². The first-order valence-electron chi connectivity index (χ1n) is 9.46. The van der Waals surface area contributed by atoms with Gasteiger partial charge in [-0.05, 0) is 41.8 Å². The summed E-state index contributed by atoms with van der Waals surface area (Å²) in [5, 5.41) is 2.18. The summed E-state index contributed by atoms with van der Waals surface area (Å²) in [5.41, 5.74) is 2.54. The lowest BCUT2D eigenvalue weighted by atomic mass is 10.00. The third-order valence-corrected chi connectivity index (χ3v) is 6.49. The van der Waals surface area contributed by atoms with E-state index in [-0.39, 0.29) is 6.04 Å². The number of rotatable bonds is 3. The van der Waals surface area contributed by atoms with E-state index in [1.165, 1.54) is 23.3 Å². The Labute approximate surface area is 154 Å². The van der Waals surface area contributed by atoms with Crippen LogP contribution in [0.2, 0.25) is 0 Å². The molecule has 132 valence electrons. The number of hydrogen-bond acceptors (Lipinski definition) is 3. The second kappa shape index (κ2) is 7.71. The van der Waals surface area contributed by atoms with E-state index >= 15 is 0 Å². The molecule has 0 N–H and O–H groups in total. The van der Waals surface area contributed by atoms with Crippen molar-refractivity contribution in [3.63, 3.8) is 0 Å². The number of carbonyl (C=O) groups is 1. The van der Waals surface area contributed by atoms with E-state index in [1.807, 2.05) is 17.4 Å². The van der Waals surface area contributed by atoms with Gasteiger partial charge in [0.15, 0.2) is 0 Å². The number of hydrogen-bond donors (Lipinski definition) is 0. The number of likely N-dealkylation sites (tertiary alicyclic amines) is 1. The summed E-state index contributed by atoms with van der Waals surface area (Å²) < 4.78 is 0. The summed E-state index contributed by atoms with van der Waals surface area (Å²) in [6.45, 7) is 3.68. The van der Waals surface area contributed by atoms with Gasteiger partial charge < -0.3 is 4.90 Å². The first kappa shape index (κ1) is 16.8. The van der Waals surface area contributed by atoms with Gasteiger partial charge in [-0.2, -0.15) is 0 Å². The van der Waals surface area contributed by atoms with Crippen LogP contribution in [0.25, 0.3) is 0 Å². The molecule has 0 bridgehead atoms. The molecule has 0 aliphatic carbocycles. The van der Waals surface area contributed by atoms with Crippen molar-refractivity contribution >= 4 is 17.2 Å². The maximum Gasteiger partial charge on any atom is 0.244 e. The summed E-state index contributed by atoms with van der Waals surface area (Å²) in [6.07, 6.45) is 5.84. The Morgan fingerprint density at radius 1 is 0.960 bits per heavy atom. The minimum Gasteiger partial charge on any atom is -0.341 e. The van der Waals surface area contributed by atoms with Crippen molar-refractivity contribution in [2.75, 3.05) is 19.6 Å². The highest BCUT2D eigenvalue weighted by Gasteiger charge is 2.33. The van der Waals surface area contributed by atoms with E-state index in [1.54, 1.807) is 0 Å². The molecule has 1 atom stereocenters. The summed E-state index contributed by atoms with van der Waals surface area (Å²) in [4.78, 5) is 19.5. The first-order chi connectivity index (χ1) is 12.3. The summed E-state index contributed by atoms with van der Waals surface area (Å²) in [6, 6.07) is 12.4. The third kappa shape index (κ3) is 3.65. The molecule has 1 unspecified atom stereocenters. The Kier molecular flexibility index (Phi) is 5.18. The molecule has 2 aliphatic heterocycles. The van der Waals surface area contributed by atoms with E-state index in [2.05, 4.69) is 45.5 Å². The Balaban J connectivity index is 1.62. The fraction of sp³-hybridized carbons (Fsp3) is 0.476. The van der Waals surface area contributed by atoms with Crippen molar-refractivity contribution in [1.82, 2.24) is 9.80 Å². The number of fused-ring (bicyclic) bond motifs is 1. The lowest BCUT2D eigenvalue weighted by Gasteiger charge is -2.36. The molecule has 0 saturated carbocycles. The lowest BCUT2D eigenvalue weighted by Crippen LogP contribution is -2.45. The zero-order chi connectivity index (χ0) is 17.1. The van der Waals surface area contributed by atoms with Crippen molar-refractivity contribution in [3.05, 3.63) is 57.8 Å². The molecule has 3 heterocycles. The molecule has 1 aromatic heterocycles. The predicted molar refractivity (Wildman–Crippen MR) is 103 cm³/mol. The van der Waals surface area contributed by atoms with Crippen LogP contribution in [0, 0.1) is 0 Å². The summed E-state index contributed by atoms with van der Waals surface area (Å²) in [5.74, 6) is 0.298. The van der Waals surface area contributed by atoms with Crippen LogP contribution in [0.5, 0.6) is 0 Å². The molecular formula is C21H26N2OS. The van der Waals surface area contributed by atoms with Crippen molar-refractivity contribution < 1.29 is 4.79 Å². The van der Waals surface area contributed by atoms with Crippen LogP contribution >= 0.6 is 11.3 Å². The van der Waals surface area contributed by atoms with Crippen LogP contribution in [-0.2, 0) is 17.8 Å².